The van der Waals surface area contributed by atoms with Gasteiger partial charge in [0.05, 0.1) is 20.1 Å². The first kappa shape index (κ1) is 15.7. The molecular weight excluding hydrogens is 292 g/mol. The molecule has 0 radical (unpaired) electrons. The first-order chi connectivity index (χ1) is 11.0. The molecule has 3 rings (SSSR count). The third-order valence-electron chi connectivity index (χ3n) is 4.88. The number of hydrogen-bond donors (Lipinski definition) is 1. The number of aryl methyl sites for hydroxylation is 1. The number of fused-ring (bicyclic) bond motifs is 1. The summed E-state index contributed by atoms with van der Waals surface area (Å²) in [6, 6.07) is 5.56. The van der Waals surface area contributed by atoms with Crippen molar-refractivity contribution in [2.45, 2.75) is 18.9 Å². The van der Waals surface area contributed by atoms with Crippen molar-refractivity contribution < 1.29 is 9.69 Å². The molecule has 0 unspecified atom stereocenters. The number of nitrogens with one attached hydrogen (secondary N) is 1. The van der Waals surface area contributed by atoms with E-state index in [1.807, 2.05) is 12.1 Å². The fourth-order valence-electron chi connectivity index (χ4n) is 3.29. The minimum absolute atomic E-state index is 0.194. The molecule has 1 aliphatic heterocycles. The number of likely N-dealkylation sites (tertiary alicyclic amines) is 1. The van der Waals surface area contributed by atoms with E-state index in [9.17, 15) is 9.59 Å². The minimum atomic E-state index is -0.286. The average Bonchev–Trinajstić information content (AvgIpc) is 2.57. The summed E-state index contributed by atoms with van der Waals surface area (Å²) in [5.41, 5.74) is 0.535. The zero-order chi connectivity index (χ0) is 16.6. The van der Waals surface area contributed by atoms with Crippen LogP contribution in [0, 0.1) is 0 Å². The van der Waals surface area contributed by atoms with E-state index in [1.165, 1.54) is 9.47 Å². The van der Waals surface area contributed by atoms with Gasteiger partial charge in [-0.15, -0.1) is 0 Å². The van der Waals surface area contributed by atoms with Gasteiger partial charge in [0.25, 0.3) is 11.5 Å². The molecule has 6 nitrogen and oxygen atoms in total. The van der Waals surface area contributed by atoms with Crippen molar-refractivity contribution in [1.29, 1.82) is 0 Å². The largest absolute Gasteiger partial charge is 0.338 e. The second-order valence-electron chi connectivity index (χ2n) is 6.44. The molecule has 2 aromatic rings. The minimum Gasteiger partial charge on any atom is -0.338 e. The number of hydrogen-bond acceptors (Lipinski definition) is 3. The topological polar surface area (TPSA) is 59.6 Å². The van der Waals surface area contributed by atoms with Crippen LogP contribution < -0.4 is 10.5 Å². The lowest BCUT2D eigenvalue weighted by Gasteiger charge is -2.33. The second kappa shape index (κ2) is 6.12. The summed E-state index contributed by atoms with van der Waals surface area (Å²) in [4.78, 5) is 32.8. The maximum atomic E-state index is 12.8. The molecule has 1 fully saturated rings. The maximum Gasteiger partial charge on any atom is 0.264 e. The zero-order valence-electron chi connectivity index (χ0n) is 13.9. The number of amides is 1. The SMILES string of the molecule is CN(C(=O)c1cc2cccnc2n(C)c1=O)C1CC[NH+](C)CC1. The Morgan fingerprint density at radius 1 is 1.39 bits per heavy atom. The van der Waals surface area contributed by atoms with E-state index in [-0.39, 0.29) is 23.1 Å². The summed E-state index contributed by atoms with van der Waals surface area (Å²) in [6.07, 6.45) is 3.60. The summed E-state index contributed by atoms with van der Waals surface area (Å²) < 4.78 is 1.45. The molecule has 0 bridgehead atoms. The van der Waals surface area contributed by atoms with Crippen LogP contribution in [0.4, 0.5) is 0 Å². The van der Waals surface area contributed by atoms with Crippen LogP contribution in [0.3, 0.4) is 0 Å². The highest BCUT2D eigenvalue weighted by Crippen LogP contribution is 2.14. The number of nitrogens with zero attached hydrogens (tertiary/aromatic N) is 3. The molecule has 0 atom stereocenters. The van der Waals surface area contributed by atoms with Crippen LogP contribution >= 0.6 is 0 Å². The number of rotatable bonds is 2. The summed E-state index contributed by atoms with van der Waals surface area (Å²) in [7, 11) is 5.64. The molecule has 1 aliphatic rings. The van der Waals surface area contributed by atoms with Crippen molar-refractivity contribution in [3.05, 3.63) is 40.3 Å². The van der Waals surface area contributed by atoms with Gasteiger partial charge in [-0.05, 0) is 18.2 Å². The predicted octanol–water partition coefficient (Wildman–Crippen LogP) is -0.317. The Labute approximate surface area is 135 Å². The van der Waals surface area contributed by atoms with Crippen molar-refractivity contribution in [2.24, 2.45) is 7.05 Å². The fraction of sp³-hybridized carbons (Fsp3) is 0.471. The summed E-state index contributed by atoms with van der Waals surface area (Å²) in [5, 5.41) is 0.805. The molecule has 0 spiro atoms. The summed E-state index contributed by atoms with van der Waals surface area (Å²) >= 11 is 0. The number of carbonyl (C=O) groups is 1. The summed E-state index contributed by atoms with van der Waals surface area (Å²) in [5.74, 6) is -0.194. The van der Waals surface area contributed by atoms with Crippen molar-refractivity contribution in [3.63, 3.8) is 0 Å². The monoisotopic (exact) mass is 315 g/mol. The highest BCUT2D eigenvalue weighted by atomic mass is 16.2. The highest BCUT2D eigenvalue weighted by molar-refractivity contribution is 5.96. The first-order valence-electron chi connectivity index (χ1n) is 8.02. The quantitative estimate of drug-likeness (QED) is 0.826. The Bertz CT molecular complexity index is 791. The van der Waals surface area contributed by atoms with Crippen molar-refractivity contribution in [3.8, 4) is 0 Å². The molecule has 6 heteroatoms. The van der Waals surface area contributed by atoms with Gasteiger partial charge in [0.15, 0.2) is 0 Å². The molecule has 1 amide bonds. The standard InChI is InChI=1S/C17H22N4O2/c1-19-9-6-13(7-10-19)20(2)16(22)14-11-12-5-4-8-18-15(12)21(3)17(14)23/h4-5,8,11,13H,6-7,9-10H2,1-3H3/p+1. The van der Waals surface area contributed by atoms with Gasteiger partial charge in [-0.1, -0.05) is 0 Å². The second-order valence-corrected chi connectivity index (χ2v) is 6.44. The Kier molecular flexibility index (Phi) is 4.17. The normalized spacial score (nSPS) is 21.3. The molecule has 1 N–H and O–H groups in total. The summed E-state index contributed by atoms with van der Waals surface area (Å²) in [6.45, 7) is 2.11. The molecule has 3 heterocycles. The van der Waals surface area contributed by atoms with E-state index >= 15 is 0 Å². The van der Waals surface area contributed by atoms with Crippen LogP contribution in [-0.2, 0) is 7.05 Å². The van der Waals surface area contributed by atoms with Crippen LogP contribution in [0.5, 0.6) is 0 Å². The smallest absolute Gasteiger partial charge is 0.264 e. The van der Waals surface area contributed by atoms with Crippen molar-refractivity contribution in [1.82, 2.24) is 14.5 Å². The van der Waals surface area contributed by atoms with E-state index in [0.717, 1.165) is 31.3 Å². The third kappa shape index (κ3) is 2.86. The van der Waals surface area contributed by atoms with E-state index in [4.69, 9.17) is 0 Å². The Balaban J connectivity index is 1.94. The Morgan fingerprint density at radius 2 is 2.09 bits per heavy atom. The Morgan fingerprint density at radius 3 is 2.78 bits per heavy atom. The van der Waals surface area contributed by atoms with Crippen LogP contribution in [0.25, 0.3) is 11.0 Å². The van der Waals surface area contributed by atoms with Crippen molar-refractivity contribution >= 4 is 16.9 Å². The highest BCUT2D eigenvalue weighted by Gasteiger charge is 2.28. The van der Waals surface area contributed by atoms with Gasteiger partial charge in [0, 0.05) is 44.6 Å². The molecule has 0 saturated carbocycles. The molecule has 0 aromatic carbocycles. The molecular formula is C17H23N4O2+. The van der Waals surface area contributed by atoms with E-state index in [2.05, 4.69) is 12.0 Å². The number of piperidine rings is 1. The van der Waals surface area contributed by atoms with Crippen LogP contribution in [-0.4, -0.2) is 53.6 Å². The van der Waals surface area contributed by atoms with Gasteiger partial charge in [-0.2, -0.15) is 0 Å². The van der Waals surface area contributed by atoms with Crippen molar-refractivity contribution in [2.75, 3.05) is 27.2 Å². The lowest BCUT2D eigenvalue weighted by molar-refractivity contribution is -0.885. The van der Waals surface area contributed by atoms with Gasteiger partial charge in [0.2, 0.25) is 0 Å². The van der Waals surface area contributed by atoms with E-state index in [1.54, 1.807) is 31.3 Å². The van der Waals surface area contributed by atoms with E-state index < -0.39 is 0 Å². The number of aromatic nitrogens is 2. The van der Waals surface area contributed by atoms with Gasteiger partial charge in [0.1, 0.15) is 11.2 Å². The first-order valence-corrected chi connectivity index (χ1v) is 8.02. The lowest BCUT2D eigenvalue weighted by atomic mass is 10.0. The number of pyridine rings is 2. The molecule has 122 valence electrons. The molecule has 0 aliphatic carbocycles. The van der Waals surface area contributed by atoms with Gasteiger partial charge in [-0.3, -0.25) is 14.2 Å². The predicted molar refractivity (Wildman–Crippen MR) is 88.7 cm³/mol. The van der Waals surface area contributed by atoms with Crippen LogP contribution in [0.15, 0.2) is 29.2 Å². The van der Waals surface area contributed by atoms with Gasteiger partial charge < -0.3 is 9.80 Å². The molecule has 2 aromatic heterocycles. The Hall–Kier alpha value is -2.21. The number of carbonyl (C=O) groups excluding carboxylic acids is 1. The number of quaternary nitrogens is 1. The van der Waals surface area contributed by atoms with E-state index in [0.29, 0.717) is 5.65 Å². The zero-order valence-corrected chi connectivity index (χ0v) is 13.9. The van der Waals surface area contributed by atoms with Gasteiger partial charge in [-0.25, -0.2) is 4.98 Å². The lowest BCUT2D eigenvalue weighted by Crippen LogP contribution is -3.10. The maximum absolute atomic E-state index is 12.8. The third-order valence-corrected chi connectivity index (χ3v) is 4.88. The average molecular weight is 315 g/mol. The van der Waals surface area contributed by atoms with Gasteiger partial charge >= 0.3 is 0 Å². The fourth-order valence-corrected chi connectivity index (χ4v) is 3.29. The molecule has 23 heavy (non-hydrogen) atoms. The molecule has 1 saturated heterocycles. The van der Waals surface area contributed by atoms with Crippen LogP contribution in [0.2, 0.25) is 0 Å². The van der Waals surface area contributed by atoms with Crippen LogP contribution in [0.1, 0.15) is 23.2 Å².